The molecule has 0 atom stereocenters. The van der Waals surface area contributed by atoms with Crippen LogP contribution < -0.4 is 10.6 Å². The van der Waals surface area contributed by atoms with E-state index in [-0.39, 0.29) is 28.9 Å². The van der Waals surface area contributed by atoms with Gasteiger partial charge in [0.15, 0.2) is 11.6 Å². The van der Waals surface area contributed by atoms with Crippen molar-refractivity contribution in [2.45, 2.75) is 71.5 Å². The quantitative estimate of drug-likeness (QED) is 0.492. The molecule has 0 spiro atoms. The predicted octanol–water partition coefficient (Wildman–Crippen LogP) is 5.70. The van der Waals surface area contributed by atoms with Crippen LogP contribution in [0.15, 0.2) is 36.5 Å². The molecule has 0 bridgehead atoms. The molecule has 0 amide bonds. The first kappa shape index (κ1) is 24.7. The van der Waals surface area contributed by atoms with E-state index in [0.29, 0.717) is 11.3 Å². The van der Waals surface area contributed by atoms with Crippen LogP contribution in [0.4, 0.5) is 21.8 Å². The molecule has 0 unspecified atom stereocenters. The molecule has 1 saturated heterocycles. The predicted molar refractivity (Wildman–Crippen MR) is 138 cm³/mol. The third kappa shape index (κ3) is 4.87. The van der Waals surface area contributed by atoms with Crippen molar-refractivity contribution in [1.82, 2.24) is 19.4 Å². The highest BCUT2D eigenvalue weighted by molar-refractivity contribution is 5.64. The average molecular weight is 476 g/mol. The van der Waals surface area contributed by atoms with Gasteiger partial charge in [-0.05, 0) is 91.8 Å². The second kappa shape index (κ2) is 8.97. The van der Waals surface area contributed by atoms with E-state index in [2.05, 4.69) is 66.3 Å². The van der Waals surface area contributed by atoms with Gasteiger partial charge in [0, 0.05) is 34.2 Å². The topological polar surface area (TPSA) is 81.8 Å². The van der Waals surface area contributed by atoms with Gasteiger partial charge in [-0.3, -0.25) is 4.90 Å². The summed E-state index contributed by atoms with van der Waals surface area (Å²) >= 11 is 0. The first-order valence-corrected chi connectivity index (χ1v) is 11.9. The van der Waals surface area contributed by atoms with Gasteiger partial charge in [0.2, 0.25) is 5.95 Å². The molecule has 7 nitrogen and oxygen atoms in total. The molecule has 0 radical (unpaired) electrons. The minimum Gasteiger partial charge on any atom is -0.365 e. The van der Waals surface area contributed by atoms with Gasteiger partial charge < -0.3 is 15.2 Å². The second-order valence-corrected chi connectivity index (χ2v) is 10.7. The molecule has 1 aromatic carbocycles. The Morgan fingerprint density at radius 2 is 1.69 bits per heavy atom. The van der Waals surface area contributed by atoms with Crippen LogP contribution in [0.5, 0.6) is 0 Å². The number of likely N-dealkylation sites (tertiary alicyclic amines) is 1. The summed E-state index contributed by atoms with van der Waals surface area (Å²) in [7, 11) is 2.14. The van der Waals surface area contributed by atoms with Crippen LogP contribution in [0.25, 0.3) is 5.69 Å². The van der Waals surface area contributed by atoms with Crippen molar-refractivity contribution >= 4 is 17.5 Å². The summed E-state index contributed by atoms with van der Waals surface area (Å²) in [5.41, 5.74) is 4.05. The number of hydrogen-bond acceptors (Lipinski definition) is 6. The summed E-state index contributed by atoms with van der Waals surface area (Å²) in [6, 6.07) is 11.8. The smallest absolute Gasteiger partial charge is 0.229 e. The summed E-state index contributed by atoms with van der Waals surface area (Å²) in [4.78, 5) is 11.0. The fourth-order valence-electron chi connectivity index (χ4n) is 5.26. The zero-order valence-electron chi connectivity index (χ0n) is 21.6. The molecule has 1 fully saturated rings. The fraction of sp³-hybridized carbons (Fsp3) is 0.444. The maximum atomic E-state index is 14.7. The van der Waals surface area contributed by atoms with E-state index in [1.807, 2.05) is 36.6 Å². The van der Waals surface area contributed by atoms with Gasteiger partial charge in [-0.1, -0.05) is 0 Å². The highest BCUT2D eigenvalue weighted by atomic mass is 19.1. The van der Waals surface area contributed by atoms with Gasteiger partial charge in [0.25, 0.3) is 0 Å². The molecule has 8 heteroatoms. The number of benzene rings is 1. The largest absolute Gasteiger partial charge is 0.365 e. The number of rotatable bonds is 5. The van der Waals surface area contributed by atoms with Gasteiger partial charge in [0.05, 0.1) is 17.4 Å². The van der Waals surface area contributed by atoms with Gasteiger partial charge in [0.1, 0.15) is 6.07 Å². The lowest BCUT2D eigenvalue weighted by atomic mass is 9.77. The molecule has 1 aliphatic rings. The number of nitrogens with one attached hydrogen (secondary N) is 2. The van der Waals surface area contributed by atoms with Crippen LogP contribution in [0.1, 0.15) is 57.5 Å². The van der Waals surface area contributed by atoms with Crippen LogP contribution in [0.2, 0.25) is 0 Å². The zero-order valence-corrected chi connectivity index (χ0v) is 21.6. The average Bonchev–Trinajstić information content (AvgIpc) is 3.11. The first-order chi connectivity index (χ1) is 16.4. The van der Waals surface area contributed by atoms with E-state index in [0.717, 1.165) is 29.9 Å². The van der Waals surface area contributed by atoms with Crippen molar-refractivity contribution in [1.29, 1.82) is 5.26 Å². The Labute approximate surface area is 207 Å². The van der Waals surface area contributed by atoms with Crippen LogP contribution in [0.3, 0.4) is 0 Å². The number of hydrogen-bond donors (Lipinski definition) is 2. The van der Waals surface area contributed by atoms with Gasteiger partial charge in [-0.2, -0.15) is 10.2 Å². The Hall–Kier alpha value is -3.44. The summed E-state index contributed by atoms with van der Waals surface area (Å²) in [5.74, 6) is -0.00391. The van der Waals surface area contributed by atoms with E-state index in [9.17, 15) is 9.65 Å². The highest BCUT2D eigenvalue weighted by Crippen LogP contribution is 2.38. The molecular formula is C27H34FN7. The van der Waals surface area contributed by atoms with Crippen LogP contribution in [-0.2, 0) is 0 Å². The SMILES string of the molecule is Cc1ccc(C)n1-c1cc(Nc2ncc(F)c(NC3CC(C)(C)N(C)C(C)(C)C3)n2)ccc1C#N. The Morgan fingerprint density at radius 1 is 1.06 bits per heavy atom. The molecule has 3 aromatic rings. The maximum Gasteiger partial charge on any atom is 0.229 e. The molecule has 2 aromatic heterocycles. The van der Waals surface area contributed by atoms with Crippen LogP contribution >= 0.6 is 0 Å². The van der Waals surface area contributed by atoms with Crippen molar-refractivity contribution < 1.29 is 4.39 Å². The van der Waals surface area contributed by atoms with E-state index in [4.69, 9.17) is 0 Å². The van der Waals surface area contributed by atoms with Crippen LogP contribution in [-0.4, -0.2) is 43.6 Å². The van der Waals surface area contributed by atoms with Crippen molar-refractivity contribution in [3.8, 4) is 11.8 Å². The minimum absolute atomic E-state index is 0.0301. The lowest BCUT2D eigenvalue weighted by Crippen LogP contribution is -2.61. The van der Waals surface area contributed by atoms with Crippen LogP contribution in [0, 0.1) is 31.0 Å². The highest BCUT2D eigenvalue weighted by Gasteiger charge is 2.43. The molecular weight excluding hydrogens is 441 g/mol. The van der Waals surface area contributed by atoms with Gasteiger partial charge >= 0.3 is 0 Å². The van der Waals surface area contributed by atoms with Crippen molar-refractivity contribution in [2.75, 3.05) is 17.7 Å². The number of anilines is 3. The standard InChI is InChI=1S/C27H34FN7/c1-17-8-9-18(2)35(17)23-12-20(11-10-19(23)15-29)32-25-30-16-22(28)24(33-25)31-21-13-26(3,4)34(7)27(5,6)14-21/h8-12,16,21H,13-14H2,1-7H3,(H2,30,31,32,33). The molecule has 4 rings (SSSR count). The van der Waals surface area contributed by atoms with E-state index >= 15 is 0 Å². The molecule has 0 aliphatic carbocycles. The fourth-order valence-corrected chi connectivity index (χ4v) is 5.26. The van der Waals surface area contributed by atoms with Crippen molar-refractivity contribution in [3.05, 3.63) is 59.3 Å². The number of aromatic nitrogens is 3. The molecule has 1 aliphatic heterocycles. The summed E-state index contributed by atoms with van der Waals surface area (Å²) in [5, 5.41) is 16.1. The number of aryl methyl sites for hydroxylation is 2. The Balaban J connectivity index is 1.60. The number of halogens is 1. The molecule has 184 valence electrons. The number of nitriles is 1. The third-order valence-electron chi connectivity index (χ3n) is 7.28. The third-order valence-corrected chi connectivity index (χ3v) is 7.28. The number of nitrogens with zero attached hydrogens (tertiary/aromatic N) is 5. The van der Waals surface area contributed by atoms with Crippen molar-refractivity contribution in [3.63, 3.8) is 0 Å². The van der Waals surface area contributed by atoms with Gasteiger partial charge in [-0.15, -0.1) is 0 Å². The van der Waals surface area contributed by atoms with E-state index in [1.54, 1.807) is 12.1 Å². The summed E-state index contributed by atoms with van der Waals surface area (Å²) in [6.45, 7) is 12.8. The maximum absolute atomic E-state index is 14.7. The molecule has 3 heterocycles. The Bertz CT molecular complexity index is 1250. The Kier molecular flexibility index (Phi) is 6.32. The normalized spacial score (nSPS) is 17.7. The lowest BCUT2D eigenvalue weighted by molar-refractivity contribution is -0.00778. The van der Waals surface area contributed by atoms with Crippen molar-refractivity contribution in [2.24, 2.45) is 0 Å². The minimum atomic E-state index is -0.482. The van der Waals surface area contributed by atoms with Gasteiger partial charge in [-0.25, -0.2) is 9.37 Å². The van der Waals surface area contributed by atoms with E-state index < -0.39 is 5.82 Å². The second-order valence-electron chi connectivity index (χ2n) is 10.7. The zero-order chi connectivity index (χ0) is 25.5. The Morgan fingerprint density at radius 3 is 2.29 bits per heavy atom. The summed E-state index contributed by atoms with van der Waals surface area (Å²) < 4.78 is 16.7. The van der Waals surface area contributed by atoms with E-state index in [1.165, 1.54) is 6.20 Å². The molecule has 0 saturated carbocycles. The molecule has 2 N–H and O–H groups in total. The first-order valence-electron chi connectivity index (χ1n) is 11.9. The summed E-state index contributed by atoms with van der Waals surface area (Å²) in [6.07, 6.45) is 2.93. The monoisotopic (exact) mass is 475 g/mol. The number of piperidine rings is 1. The lowest BCUT2D eigenvalue weighted by Gasteiger charge is -2.53. The molecule has 35 heavy (non-hydrogen) atoms.